The van der Waals surface area contributed by atoms with Crippen LogP contribution in [-0.2, 0) is 17.2 Å². The average Bonchev–Trinajstić information content (AvgIpc) is 2.73. The number of rotatable bonds is 4. The maximum atomic E-state index is 13.6. The van der Waals surface area contributed by atoms with Gasteiger partial charge in [0.05, 0.1) is 16.9 Å². The Morgan fingerprint density at radius 3 is 2.75 bits per heavy atom. The summed E-state index contributed by atoms with van der Waals surface area (Å²) in [6.07, 6.45) is 0.360. The van der Waals surface area contributed by atoms with Crippen LogP contribution < -0.4 is 0 Å². The smallest absolute Gasteiger partial charge is 0.223 e. The summed E-state index contributed by atoms with van der Waals surface area (Å²) in [6, 6.07) is 3.15. The number of fused-ring (bicyclic) bond motifs is 1. The molecule has 0 atom stereocenters. The first-order valence-corrected chi connectivity index (χ1v) is 6.89. The number of carbonyl (C=O) groups excluding carboxylic acids is 1. The molecule has 0 saturated carbocycles. The van der Waals surface area contributed by atoms with Crippen LogP contribution in [0.2, 0.25) is 0 Å². The lowest BCUT2D eigenvalue weighted by Gasteiger charge is -2.12. The van der Waals surface area contributed by atoms with Gasteiger partial charge in [0, 0.05) is 33.1 Å². The first-order valence-electron chi connectivity index (χ1n) is 6.35. The second-order valence-corrected chi connectivity index (χ2v) is 5.21. The third-order valence-corrected chi connectivity index (χ3v) is 3.51. The van der Waals surface area contributed by atoms with Gasteiger partial charge >= 0.3 is 0 Å². The Bertz CT molecular complexity index is 651. The normalized spacial score (nSPS) is 11.1. The standard InChI is InChI=1S/C14H17ClFN3O/c1-9-6-12-11(7-10(9)16)17-13(8-15)19(12)5-4-14(20)18(2)3/h6-7H,4-5,8H2,1-3H3. The van der Waals surface area contributed by atoms with Gasteiger partial charge in [0.15, 0.2) is 0 Å². The average molecular weight is 298 g/mol. The fourth-order valence-corrected chi connectivity index (χ4v) is 2.29. The van der Waals surface area contributed by atoms with Crippen molar-refractivity contribution in [1.29, 1.82) is 0 Å². The molecule has 20 heavy (non-hydrogen) atoms. The van der Waals surface area contributed by atoms with Crippen LogP contribution in [-0.4, -0.2) is 34.5 Å². The van der Waals surface area contributed by atoms with E-state index in [-0.39, 0.29) is 17.6 Å². The predicted molar refractivity (Wildman–Crippen MR) is 77.3 cm³/mol. The van der Waals surface area contributed by atoms with Crippen LogP contribution in [0.4, 0.5) is 4.39 Å². The number of alkyl halides is 1. The molecular weight excluding hydrogens is 281 g/mol. The molecule has 0 N–H and O–H groups in total. The monoisotopic (exact) mass is 297 g/mol. The SMILES string of the molecule is Cc1cc2c(cc1F)nc(CCl)n2CCC(=O)N(C)C. The molecule has 0 fully saturated rings. The zero-order valence-corrected chi connectivity index (χ0v) is 12.5. The Morgan fingerprint density at radius 2 is 2.15 bits per heavy atom. The first-order chi connectivity index (χ1) is 9.43. The molecule has 108 valence electrons. The molecule has 1 aromatic carbocycles. The van der Waals surface area contributed by atoms with E-state index in [1.54, 1.807) is 32.0 Å². The molecule has 0 unspecified atom stereocenters. The number of benzene rings is 1. The van der Waals surface area contributed by atoms with Crippen LogP contribution in [0, 0.1) is 12.7 Å². The molecule has 0 aliphatic carbocycles. The quantitative estimate of drug-likeness (QED) is 0.814. The van der Waals surface area contributed by atoms with Crippen molar-refractivity contribution in [3.8, 4) is 0 Å². The number of amides is 1. The molecule has 1 amide bonds. The number of nitrogens with zero attached hydrogens (tertiary/aromatic N) is 3. The van der Waals surface area contributed by atoms with Crippen molar-refractivity contribution >= 4 is 28.5 Å². The van der Waals surface area contributed by atoms with Crippen molar-refractivity contribution in [3.05, 3.63) is 29.3 Å². The van der Waals surface area contributed by atoms with Gasteiger partial charge in [-0.15, -0.1) is 11.6 Å². The Morgan fingerprint density at radius 1 is 1.45 bits per heavy atom. The third-order valence-electron chi connectivity index (χ3n) is 3.28. The van der Waals surface area contributed by atoms with Crippen molar-refractivity contribution in [2.24, 2.45) is 0 Å². The molecule has 4 nitrogen and oxygen atoms in total. The summed E-state index contributed by atoms with van der Waals surface area (Å²) < 4.78 is 15.5. The molecule has 0 bridgehead atoms. The molecule has 2 aromatic rings. The number of halogens is 2. The van der Waals surface area contributed by atoms with E-state index < -0.39 is 0 Å². The summed E-state index contributed by atoms with van der Waals surface area (Å²) in [4.78, 5) is 17.6. The van der Waals surface area contributed by atoms with Gasteiger partial charge in [-0.1, -0.05) is 0 Å². The van der Waals surface area contributed by atoms with Crippen LogP contribution in [0.3, 0.4) is 0 Å². The molecule has 0 aliphatic rings. The highest BCUT2D eigenvalue weighted by Gasteiger charge is 2.14. The van der Waals surface area contributed by atoms with Crippen LogP contribution >= 0.6 is 11.6 Å². The van der Waals surface area contributed by atoms with Gasteiger partial charge in [0.25, 0.3) is 0 Å². The van der Waals surface area contributed by atoms with Crippen LogP contribution in [0.15, 0.2) is 12.1 Å². The summed E-state index contributed by atoms with van der Waals surface area (Å²) in [5.41, 5.74) is 1.94. The van der Waals surface area contributed by atoms with E-state index >= 15 is 0 Å². The van der Waals surface area contributed by atoms with Crippen LogP contribution in [0.1, 0.15) is 17.8 Å². The van der Waals surface area contributed by atoms with Crippen LogP contribution in [0.5, 0.6) is 0 Å². The third kappa shape index (κ3) is 2.77. The fourth-order valence-electron chi connectivity index (χ4n) is 2.08. The lowest BCUT2D eigenvalue weighted by molar-refractivity contribution is -0.128. The highest BCUT2D eigenvalue weighted by Crippen LogP contribution is 2.21. The first kappa shape index (κ1) is 14.8. The number of hydrogen-bond donors (Lipinski definition) is 0. The van der Waals surface area contributed by atoms with E-state index in [9.17, 15) is 9.18 Å². The number of carbonyl (C=O) groups is 1. The van der Waals surface area contributed by atoms with Gasteiger partial charge in [-0.05, 0) is 18.6 Å². The summed E-state index contributed by atoms with van der Waals surface area (Å²) in [6.45, 7) is 2.19. The van der Waals surface area contributed by atoms with E-state index in [0.29, 0.717) is 29.9 Å². The molecule has 0 aliphatic heterocycles. The zero-order chi connectivity index (χ0) is 14.9. The Hall–Kier alpha value is -1.62. The number of hydrogen-bond acceptors (Lipinski definition) is 2. The molecule has 0 spiro atoms. The molecule has 0 radical (unpaired) electrons. The second kappa shape index (κ2) is 5.79. The number of aryl methyl sites for hydroxylation is 2. The van der Waals surface area contributed by atoms with Crippen molar-refractivity contribution in [3.63, 3.8) is 0 Å². The fraction of sp³-hybridized carbons (Fsp3) is 0.429. The van der Waals surface area contributed by atoms with E-state index in [2.05, 4.69) is 4.98 Å². The van der Waals surface area contributed by atoms with Crippen LogP contribution in [0.25, 0.3) is 11.0 Å². The minimum absolute atomic E-state index is 0.0335. The largest absolute Gasteiger partial charge is 0.349 e. The van der Waals surface area contributed by atoms with E-state index in [1.165, 1.54) is 6.07 Å². The predicted octanol–water partition coefficient (Wildman–Crippen LogP) is 2.70. The van der Waals surface area contributed by atoms with Gasteiger partial charge in [0.1, 0.15) is 11.6 Å². The van der Waals surface area contributed by atoms with E-state index in [4.69, 9.17) is 11.6 Å². The summed E-state index contributed by atoms with van der Waals surface area (Å²) in [5.74, 6) is 0.628. The summed E-state index contributed by atoms with van der Waals surface area (Å²) >= 11 is 5.89. The summed E-state index contributed by atoms with van der Waals surface area (Å²) in [7, 11) is 3.44. The highest BCUT2D eigenvalue weighted by atomic mass is 35.5. The lowest BCUT2D eigenvalue weighted by atomic mass is 10.2. The van der Waals surface area contributed by atoms with Gasteiger partial charge in [-0.25, -0.2) is 9.37 Å². The van der Waals surface area contributed by atoms with Crippen molar-refractivity contribution in [2.45, 2.75) is 25.8 Å². The van der Waals surface area contributed by atoms with Gasteiger partial charge < -0.3 is 9.47 Å². The van der Waals surface area contributed by atoms with Gasteiger partial charge in [-0.2, -0.15) is 0 Å². The number of imidazole rings is 1. The minimum Gasteiger partial charge on any atom is -0.349 e. The zero-order valence-electron chi connectivity index (χ0n) is 11.8. The molecular formula is C14H17ClFN3O. The summed E-state index contributed by atoms with van der Waals surface area (Å²) in [5, 5.41) is 0. The lowest BCUT2D eigenvalue weighted by Crippen LogP contribution is -2.23. The van der Waals surface area contributed by atoms with Gasteiger partial charge in [-0.3, -0.25) is 4.79 Å². The molecule has 2 rings (SSSR count). The highest BCUT2D eigenvalue weighted by molar-refractivity contribution is 6.16. The molecule has 0 saturated heterocycles. The molecule has 1 aromatic heterocycles. The number of aromatic nitrogens is 2. The van der Waals surface area contributed by atoms with Gasteiger partial charge in [0.2, 0.25) is 5.91 Å². The van der Waals surface area contributed by atoms with Crippen molar-refractivity contribution in [1.82, 2.24) is 14.5 Å². The molecule has 1 heterocycles. The maximum Gasteiger partial charge on any atom is 0.223 e. The second-order valence-electron chi connectivity index (χ2n) is 4.94. The Kier molecular flexibility index (Phi) is 4.28. The Labute approximate surface area is 122 Å². The minimum atomic E-state index is -0.285. The van der Waals surface area contributed by atoms with Crippen molar-refractivity contribution < 1.29 is 9.18 Å². The van der Waals surface area contributed by atoms with Crippen molar-refractivity contribution in [2.75, 3.05) is 14.1 Å². The molecule has 6 heteroatoms. The Balaban J connectivity index is 2.40. The topological polar surface area (TPSA) is 38.1 Å². The maximum absolute atomic E-state index is 13.6. The van der Waals surface area contributed by atoms with E-state index in [1.807, 2.05) is 4.57 Å². The van der Waals surface area contributed by atoms with E-state index in [0.717, 1.165) is 5.52 Å².